The molecule has 1 heterocycles. The van der Waals surface area contributed by atoms with Crippen LogP contribution in [0.4, 0.5) is 0 Å². The maximum atomic E-state index is 14.3. The fourth-order valence-electron chi connectivity index (χ4n) is 9.14. The first-order chi connectivity index (χ1) is 18.6. The van der Waals surface area contributed by atoms with Crippen LogP contribution in [-0.4, -0.2) is 73.7 Å². The van der Waals surface area contributed by atoms with Crippen molar-refractivity contribution < 1.29 is 40.1 Å². The van der Waals surface area contributed by atoms with Crippen LogP contribution in [0.2, 0.25) is 0 Å². The van der Waals surface area contributed by atoms with Crippen molar-refractivity contribution in [2.24, 2.45) is 40.2 Å². The first kappa shape index (κ1) is 29.8. The molecular weight excluding hydrogens is 514 g/mol. The molecule has 4 aliphatic rings. The highest BCUT2D eigenvalue weighted by molar-refractivity contribution is 5.93. The van der Waals surface area contributed by atoms with Crippen LogP contribution in [0.15, 0.2) is 41.5 Å². The van der Waals surface area contributed by atoms with Crippen molar-refractivity contribution in [1.29, 1.82) is 0 Å². The number of ketones is 1. The molecule has 1 aliphatic heterocycles. The van der Waals surface area contributed by atoms with Gasteiger partial charge in [-0.25, -0.2) is 4.89 Å². The minimum atomic E-state index is -1.64. The predicted octanol–water partition coefficient (Wildman–Crippen LogP) is 2.37. The van der Waals surface area contributed by atoms with Gasteiger partial charge in [-0.15, -0.1) is 0 Å². The first-order valence-electron chi connectivity index (χ1n) is 14.4. The van der Waals surface area contributed by atoms with Gasteiger partial charge in [-0.3, -0.25) is 10.1 Å². The van der Waals surface area contributed by atoms with E-state index in [-0.39, 0.29) is 19.4 Å². The Morgan fingerprint density at radius 1 is 1.12 bits per heavy atom. The summed E-state index contributed by atoms with van der Waals surface area (Å²) in [5, 5.41) is 58.0. The molecule has 12 atom stereocenters. The number of carbonyl (C=O) groups excluding carboxylic acids is 1. The van der Waals surface area contributed by atoms with Crippen molar-refractivity contribution in [3.05, 3.63) is 47.0 Å². The molecule has 9 nitrogen and oxygen atoms in total. The zero-order valence-corrected chi connectivity index (χ0v) is 24.2. The zero-order valence-electron chi connectivity index (χ0n) is 24.2. The molecule has 1 saturated heterocycles. The van der Waals surface area contributed by atoms with Crippen LogP contribution >= 0.6 is 0 Å². The molecular formula is C31H45NO8. The van der Waals surface area contributed by atoms with E-state index in [2.05, 4.69) is 0 Å². The number of nitrogens with two attached hydrogens (primary N) is 1. The van der Waals surface area contributed by atoms with Crippen LogP contribution < -0.4 is 5.73 Å². The fraction of sp³-hybridized carbons (Fsp3) is 0.710. The largest absolute Gasteiger partial charge is 0.392 e. The molecule has 1 aromatic rings. The molecule has 0 radical (unpaired) electrons. The minimum absolute atomic E-state index is 0.0225. The van der Waals surface area contributed by atoms with Gasteiger partial charge in [0.05, 0.1) is 29.8 Å². The van der Waals surface area contributed by atoms with E-state index in [1.54, 1.807) is 13.8 Å². The average molecular weight is 560 g/mol. The van der Waals surface area contributed by atoms with E-state index in [1.165, 1.54) is 0 Å². The van der Waals surface area contributed by atoms with Crippen molar-refractivity contribution >= 4 is 5.78 Å². The lowest BCUT2D eigenvalue weighted by Gasteiger charge is -2.67. The van der Waals surface area contributed by atoms with E-state index < -0.39 is 81.9 Å². The summed E-state index contributed by atoms with van der Waals surface area (Å²) in [6, 6.07) is 8.97. The van der Waals surface area contributed by atoms with Crippen molar-refractivity contribution in [3.8, 4) is 0 Å². The van der Waals surface area contributed by atoms with Crippen LogP contribution in [0.25, 0.3) is 0 Å². The summed E-state index contributed by atoms with van der Waals surface area (Å²) in [6.07, 6.45) is -4.17. The molecule has 7 N–H and O–H groups in total. The van der Waals surface area contributed by atoms with Gasteiger partial charge in [0, 0.05) is 35.6 Å². The van der Waals surface area contributed by atoms with Gasteiger partial charge in [0.15, 0.2) is 5.78 Å². The molecule has 2 saturated carbocycles. The van der Waals surface area contributed by atoms with Crippen molar-refractivity contribution in [2.45, 2.75) is 96.0 Å². The Morgan fingerprint density at radius 2 is 1.75 bits per heavy atom. The maximum Gasteiger partial charge on any atom is 0.174 e. The first-order valence-corrected chi connectivity index (χ1v) is 14.4. The summed E-state index contributed by atoms with van der Waals surface area (Å²) < 4.78 is 5.63. The van der Waals surface area contributed by atoms with Gasteiger partial charge in [0.25, 0.3) is 0 Å². The van der Waals surface area contributed by atoms with E-state index in [9.17, 15) is 30.5 Å². The van der Waals surface area contributed by atoms with Crippen LogP contribution in [0.3, 0.4) is 0 Å². The Morgan fingerprint density at radius 3 is 2.30 bits per heavy atom. The Balaban J connectivity index is 1.67. The Kier molecular flexibility index (Phi) is 7.20. The van der Waals surface area contributed by atoms with E-state index in [1.807, 2.05) is 58.0 Å². The van der Waals surface area contributed by atoms with Gasteiger partial charge in [0.1, 0.15) is 17.8 Å². The standard InChI is InChI=1S/C31H45NO8/c1-15-19(25(40-38)16(2)23(32)18-10-8-7-9-11-18)13-31(37)17(3)26-29(6,20(33)12-21-30(26,36)14-39-21)27(35)24(34)22(15)28(31,4)5/h7-11,16-17,19-21,23-26,33-34,36-38H,12-14,32H2,1-6H3/t16?,17?,19?,20?,21?,23?,24?,25-,26?,29+,30?,31?/m0/s1. The van der Waals surface area contributed by atoms with Gasteiger partial charge in [-0.2, -0.15) is 0 Å². The maximum absolute atomic E-state index is 14.3. The third kappa shape index (κ3) is 3.72. The van der Waals surface area contributed by atoms with Gasteiger partial charge in [0.2, 0.25) is 0 Å². The molecule has 2 bridgehead atoms. The third-order valence-corrected chi connectivity index (χ3v) is 11.7. The summed E-state index contributed by atoms with van der Waals surface area (Å²) in [5.74, 6) is -3.21. The van der Waals surface area contributed by atoms with Gasteiger partial charge >= 0.3 is 0 Å². The summed E-state index contributed by atoms with van der Waals surface area (Å²) in [5.41, 5.74) is 2.86. The molecule has 0 aromatic heterocycles. The lowest BCUT2D eigenvalue weighted by molar-refractivity contribution is -0.338. The minimum Gasteiger partial charge on any atom is -0.392 e. The number of rotatable bonds is 5. The lowest BCUT2D eigenvalue weighted by Crippen LogP contribution is -2.78. The number of hydrogen-bond acceptors (Lipinski definition) is 9. The summed E-state index contributed by atoms with van der Waals surface area (Å²) in [4.78, 5) is 19.4. The molecule has 10 unspecified atom stereocenters. The number of aliphatic hydroxyl groups is 4. The molecule has 0 spiro atoms. The summed E-state index contributed by atoms with van der Waals surface area (Å²) in [7, 11) is 0. The summed E-state index contributed by atoms with van der Waals surface area (Å²) >= 11 is 0. The second-order valence-electron chi connectivity index (χ2n) is 13.7. The topological polar surface area (TPSA) is 163 Å². The van der Waals surface area contributed by atoms with Crippen LogP contribution in [0.5, 0.6) is 0 Å². The van der Waals surface area contributed by atoms with Gasteiger partial charge in [-0.05, 0) is 37.3 Å². The summed E-state index contributed by atoms with van der Waals surface area (Å²) in [6.45, 7) is 10.7. The quantitative estimate of drug-likeness (QED) is 0.181. The highest BCUT2D eigenvalue weighted by Crippen LogP contribution is 2.65. The molecule has 1 aromatic carbocycles. The predicted molar refractivity (Wildman–Crippen MR) is 147 cm³/mol. The third-order valence-electron chi connectivity index (χ3n) is 11.7. The van der Waals surface area contributed by atoms with Crippen LogP contribution in [-0.2, 0) is 14.4 Å². The number of fused-ring (bicyclic) bond motifs is 5. The lowest BCUT2D eigenvalue weighted by atomic mass is 9.42. The van der Waals surface area contributed by atoms with Crippen molar-refractivity contribution in [1.82, 2.24) is 0 Å². The molecule has 40 heavy (non-hydrogen) atoms. The van der Waals surface area contributed by atoms with Gasteiger partial charge < -0.3 is 30.9 Å². The Labute approximate surface area is 235 Å². The number of benzene rings is 1. The van der Waals surface area contributed by atoms with E-state index >= 15 is 0 Å². The molecule has 9 heteroatoms. The number of ether oxygens (including phenoxy) is 1. The molecule has 222 valence electrons. The molecule has 5 rings (SSSR count). The molecule has 3 aliphatic carbocycles. The van der Waals surface area contributed by atoms with E-state index in [0.717, 1.165) is 5.56 Å². The molecule has 3 fully saturated rings. The smallest absolute Gasteiger partial charge is 0.174 e. The average Bonchev–Trinajstić information content (AvgIpc) is 2.92. The second kappa shape index (κ2) is 9.67. The highest BCUT2D eigenvalue weighted by atomic mass is 17.1. The fourth-order valence-corrected chi connectivity index (χ4v) is 9.14. The Hall–Kier alpha value is -1.69. The SMILES string of the molecule is CC1=C2C(O)C(=O)[C@]3(C)C(O)CC4OCC4(O)C3C(C)C(O)(CC1[C@@H](OO)C(C)C(N)c1ccccc1)C2(C)C. The number of Topliss-reactive ketones (excluding diaryl/α,β-unsaturated/α-hetero) is 1. The molecule has 0 amide bonds. The van der Waals surface area contributed by atoms with Crippen LogP contribution in [0.1, 0.15) is 66.0 Å². The van der Waals surface area contributed by atoms with Crippen molar-refractivity contribution in [2.75, 3.05) is 6.61 Å². The number of aliphatic hydroxyl groups excluding tert-OH is 2. The Bertz CT molecular complexity index is 1190. The highest BCUT2D eigenvalue weighted by Gasteiger charge is 2.74. The second-order valence-corrected chi connectivity index (χ2v) is 13.7. The van der Waals surface area contributed by atoms with Gasteiger partial charge in [-0.1, -0.05) is 63.6 Å². The number of hydrogen-bond donors (Lipinski definition) is 6. The van der Waals surface area contributed by atoms with Crippen molar-refractivity contribution in [3.63, 3.8) is 0 Å². The number of carbonyl (C=O) groups is 1. The van der Waals surface area contributed by atoms with E-state index in [0.29, 0.717) is 11.1 Å². The normalized spacial score (nSPS) is 44.9. The van der Waals surface area contributed by atoms with E-state index in [4.69, 9.17) is 15.4 Å². The van der Waals surface area contributed by atoms with Crippen LogP contribution in [0, 0.1) is 34.5 Å². The monoisotopic (exact) mass is 559 g/mol. The zero-order chi connectivity index (χ0) is 29.6.